The Labute approximate surface area is 151 Å². The van der Waals surface area contributed by atoms with Crippen LogP contribution < -0.4 is 5.32 Å². The van der Waals surface area contributed by atoms with E-state index in [-0.39, 0.29) is 5.91 Å². The van der Waals surface area contributed by atoms with Gasteiger partial charge < -0.3 is 15.0 Å². The summed E-state index contributed by atoms with van der Waals surface area (Å²) in [5.41, 5.74) is 1.33. The van der Waals surface area contributed by atoms with Gasteiger partial charge in [-0.25, -0.2) is 4.79 Å². The zero-order valence-corrected chi connectivity index (χ0v) is 15.3. The fourth-order valence-corrected chi connectivity index (χ4v) is 2.96. The molecule has 25 heavy (non-hydrogen) atoms. The van der Waals surface area contributed by atoms with Gasteiger partial charge in [0.2, 0.25) is 5.91 Å². The summed E-state index contributed by atoms with van der Waals surface area (Å²) in [7, 11) is 0. The van der Waals surface area contributed by atoms with Crippen LogP contribution in [0.25, 0.3) is 10.9 Å². The molecule has 2 heterocycles. The van der Waals surface area contributed by atoms with Gasteiger partial charge in [-0.2, -0.15) is 0 Å². The third-order valence-corrected chi connectivity index (χ3v) is 4.43. The minimum absolute atomic E-state index is 0.169. The van der Waals surface area contributed by atoms with Crippen LogP contribution in [0.3, 0.4) is 0 Å². The molecule has 1 aliphatic rings. The van der Waals surface area contributed by atoms with Crippen molar-refractivity contribution in [2.24, 2.45) is 0 Å². The number of aromatic amines is 1. The summed E-state index contributed by atoms with van der Waals surface area (Å²) in [6.07, 6.45) is 1.94. The molecule has 0 saturated carbocycles. The van der Waals surface area contributed by atoms with Crippen molar-refractivity contribution in [3.63, 3.8) is 0 Å². The summed E-state index contributed by atoms with van der Waals surface area (Å²) in [6, 6.07) is 5.34. The predicted molar refractivity (Wildman–Crippen MR) is 96.5 cm³/mol. The second-order valence-corrected chi connectivity index (χ2v) is 7.62. The highest BCUT2D eigenvalue weighted by molar-refractivity contribution is 6.35. The molecule has 0 radical (unpaired) electrons. The molecule has 1 aromatic carbocycles. The van der Waals surface area contributed by atoms with Gasteiger partial charge in [0.05, 0.1) is 5.02 Å². The molecule has 2 N–H and O–H groups in total. The standard InChI is InChI=1S/C18H22ClN3O3/c1-18(2,3)25-17(24)22-7-6-15(22)16(23)21-9-11-4-5-14-12(8-11)13(19)10-20-14/h4-5,8,10,15,20H,6-7,9H2,1-3H3,(H,21,23). The number of nitrogens with one attached hydrogen (secondary N) is 2. The lowest BCUT2D eigenvalue weighted by atomic mass is 10.0. The molecule has 1 saturated heterocycles. The summed E-state index contributed by atoms with van der Waals surface area (Å²) in [4.78, 5) is 29.0. The Morgan fingerprint density at radius 1 is 1.40 bits per heavy atom. The summed E-state index contributed by atoms with van der Waals surface area (Å²) in [5, 5.41) is 4.46. The second kappa shape index (κ2) is 6.59. The van der Waals surface area contributed by atoms with E-state index in [2.05, 4.69) is 10.3 Å². The molecule has 0 aliphatic carbocycles. The number of ether oxygens (including phenoxy) is 1. The van der Waals surface area contributed by atoms with E-state index in [1.807, 2.05) is 39.0 Å². The monoisotopic (exact) mass is 363 g/mol. The number of benzene rings is 1. The average molecular weight is 364 g/mol. The van der Waals surface area contributed by atoms with Crippen molar-refractivity contribution in [3.8, 4) is 0 Å². The molecule has 2 aromatic rings. The van der Waals surface area contributed by atoms with Crippen molar-refractivity contribution in [1.82, 2.24) is 15.2 Å². The van der Waals surface area contributed by atoms with E-state index in [1.54, 1.807) is 6.20 Å². The first-order valence-electron chi connectivity index (χ1n) is 8.27. The van der Waals surface area contributed by atoms with Gasteiger partial charge in [0.25, 0.3) is 0 Å². The zero-order chi connectivity index (χ0) is 18.2. The van der Waals surface area contributed by atoms with E-state index < -0.39 is 17.7 Å². The number of amides is 2. The maximum absolute atomic E-state index is 12.4. The minimum atomic E-state index is -0.570. The van der Waals surface area contributed by atoms with Crippen LogP contribution in [-0.2, 0) is 16.1 Å². The normalized spacial score (nSPS) is 17.3. The van der Waals surface area contributed by atoms with Crippen LogP contribution in [0.1, 0.15) is 32.8 Å². The summed E-state index contributed by atoms with van der Waals surface area (Å²) in [6.45, 7) is 6.35. The maximum atomic E-state index is 12.4. The lowest BCUT2D eigenvalue weighted by Crippen LogP contribution is -2.59. The molecule has 3 rings (SSSR count). The lowest BCUT2D eigenvalue weighted by Gasteiger charge is -2.40. The molecule has 7 heteroatoms. The number of hydrogen-bond donors (Lipinski definition) is 2. The molecule has 1 fully saturated rings. The molecule has 1 aliphatic heterocycles. The number of halogens is 1. The Balaban J connectivity index is 1.58. The number of carbonyl (C=O) groups is 2. The maximum Gasteiger partial charge on any atom is 0.410 e. The van der Waals surface area contributed by atoms with Crippen molar-refractivity contribution < 1.29 is 14.3 Å². The van der Waals surface area contributed by atoms with Crippen LogP contribution in [-0.4, -0.2) is 40.1 Å². The first kappa shape index (κ1) is 17.6. The van der Waals surface area contributed by atoms with Gasteiger partial charge in [-0.05, 0) is 44.9 Å². The Hall–Kier alpha value is -2.21. The third-order valence-electron chi connectivity index (χ3n) is 4.11. The molecular formula is C18H22ClN3O3. The van der Waals surface area contributed by atoms with Gasteiger partial charge in [0.1, 0.15) is 11.6 Å². The number of rotatable bonds is 3. The Morgan fingerprint density at radius 3 is 2.80 bits per heavy atom. The molecule has 0 spiro atoms. The van der Waals surface area contributed by atoms with Crippen LogP contribution in [0, 0.1) is 0 Å². The van der Waals surface area contributed by atoms with Gasteiger partial charge in [0, 0.05) is 30.2 Å². The van der Waals surface area contributed by atoms with Crippen LogP contribution >= 0.6 is 11.6 Å². The molecule has 1 unspecified atom stereocenters. The van der Waals surface area contributed by atoms with E-state index in [0.717, 1.165) is 16.5 Å². The highest BCUT2D eigenvalue weighted by atomic mass is 35.5. The SMILES string of the molecule is CC(C)(C)OC(=O)N1CCC1C(=O)NCc1ccc2[nH]cc(Cl)c2c1. The number of carbonyl (C=O) groups excluding carboxylic acids is 2. The first-order valence-corrected chi connectivity index (χ1v) is 8.65. The van der Waals surface area contributed by atoms with Crippen molar-refractivity contribution in [1.29, 1.82) is 0 Å². The van der Waals surface area contributed by atoms with E-state index in [1.165, 1.54) is 4.90 Å². The molecule has 1 atom stereocenters. The van der Waals surface area contributed by atoms with E-state index in [9.17, 15) is 9.59 Å². The van der Waals surface area contributed by atoms with Crippen molar-refractivity contribution >= 4 is 34.5 Å². The first-order chi connectivity index (χ1) is 11.7. The third kappa shape index (κ3) is 3.90. The van der Waals surface area contributed by atoms with Gasteiger partial charge in [-0.1, -0.05) is 17.7 Å². The molecule has 2 amide bonds. The largest absolute Gasteiger partial charge is 0.444 e. The Bertz CT molecular complexity index is 809. The molecule has 6 nitrogen and oxygen atoms in total. The highest BCUT2D eigenvalue weighted by Gasteiger charge is 2.39. The lowest BCUT2D eigenvalue weighted by molar-refractivity contribution is -0.130. The van der Waals surface area contributed by atoms with Crippen molar-refractivity contribution in [2.45, 2.75) is 45.4 Å². The summed E-state index contributed by atoms with van der Waals surface area (Å²) >= 11 is 6.12. The number of hydrogen-bond acceptors (Lipinski definition) is 3. The van der Waals surface area contributed by atoms with Crippen molar-refractivity contribution in [2.75, 3.05) is 6.54 Å². The Kier molecular flexibility index (Phi) is 4.64. The second-order valence-electron chi connectivity index (χ2n) is 7.21. The quantitative estimate of drug-likeness (QED) is 0.877. The van der Waals surface area contributed by atoms with Crippen LogP contribution in [0.15, 0.2) is 24.4 Å². The summed E-state index contributed by atoms with van der Waals surface area (Å²) in [5.74, 6) is -0.169. The number of fused-ring (bicyclic) bond motifs is 1. The molecular weight excluding hydrogens is 342 g/mol. The summed E-state index contributed by atoms with van der Waals surface area (Å²) < 4.78 is 5.33. The molecule has 0 bridgehead atoms. The molecule has 1 aromatic heterocycles. The predicted octanol–water partition coefficient (Wildman–Crippen LogP) is 3.45. The fraction of sp³-hybridized carbons (Fsp3) is 0.444. The molecule has 134 valence electrons. The Morgan fingerprint density at radius 2 is 2.16 bits per heavy atom. The number of aromatic nitrogens is 1. The van der Waals surface area contributed by atoms with Crippen molar-refractivity contribution in [3.05, 3.63) is 35.0 Å². The van der Waals surface area contributed by atoms with E-state index in [0.29, 0.717) is 24.5 Å². The van der Waals surface area contributed by atoms with Gasteiger partial charge >= 0.3 is 6.09 Å². The zero-order valence-electron chi connectivity index (χ0n) is 14.6. The minimum Gasteiger partial charge on any atom is -0.444 e. The van der Waals surface area contributed by atoms with Crippen LogP contribution in [0.5, 0.6) is 0 Å². The average Bonchev–Trinajstić information content (AvgIpc) is 2.83. The smallest absolute Gasteiger partial charge is 0.410 e. The van der Waals surface area contributed by atoms with Crippen LogP contribution in [0.4, 0.5) is 4.79 Å². The number of nitrogens with zero attached hydrogens (tertiary/aromatic N) is 1. The fourth-order valence-electron chi connectivity index (χ4n) is 2.75. The van der Waals surface area contributed by atoms with Gasteiger partial charge in [0.15, 0.2) is 0 Å². The van der Waals surface area contributed by atoms with Crippen LogP contribution in [0.2, 0.25) is 5.02 Å². The van der Waals surface area contributed by atoms with Gasteiger partial charge in [-0.3, -0.25) is 9.69 Å². The number of H-pyrrole nitrogens is 1. The van der Waals surface area contributed by atoms with Gasteiger partial charge in [-0.15, -0.1) is 0 Å². The van der Waals surface area contributed by atoms with E-state index >= 15 is 0 Å². The van der Waals surface area contributed by atoms with E-state index in [4.69, 9.17) is 16.3 Å². The highest BCUT2D eigenvalue weighted by Crippen LogP contribution is 2.24. The topological polar surface area (TPSA) is 74.4 Å². The number of likely N-dealkylation sites (tertiary alicyclic amines) is 1.